The van der Waals surface area contributed by atoms with Gasteiger partial charge in [-0.3, -0.25) is 0 Å². The molecule has 2 aromatic rings. The third kappa shape index (κ3) is 2.88. The van der Waals surface area contributed by atoms with Crippen LogP contribution in [0.3, 0.4) is 0 Å². The van der Waals surface area contributed by atoms with E-state index < -0.39 is 0 Å². The molecule has 6 nitrogen and oxygen atoms in total. The molecular weight excluding hydrogens is 326 g/mol. The highest BCUT2D eigenvalue weighted by Gasteiger charge is 2.41. The highest BCUT2D eigenvalue weighted by atomic mass is 16.5. The summed E-state index contributed by atoms with van der Waals surface area (Å²) in [6.45, 7) is 6.66. The predicted octanol–water partition coefficient (Wildman–Crippen LogP) is 2.03. The Bertz CT molecular complexity index is 749. The maximum absolute atomic E-state index is 5.45. The molecule has 3 aliphatic heterocycles. The van der Waals surface area contributed by atoms with E-state index in [2.05, 4.69) is 61.1 Å². The minimum absolute atomic E-state index is 0.583. The fourth-order valence-electron chi connectivity index (χ4n) is 4.56. The molecule has 3 aliphatic rings. The minimum atomic E-state index is 0.583. The van der Waals surface area contributed by atoms with Crippen LogP contribution in [-0.2, 0) is 4.74 Å². The molecule has 2 atom stereocenters. The van der Waals surface area contributed by atoms with Gasteiger partial charge in [0, 0.05) is 50.4 Å². The largest absolute Gasteiger partial charge is 0.378 e. The van der Waals surface area contributed by atoms with E-state index in [0.717, 1.165) is 63.5 Å². The van der Waals surface area contributed by atoms with Gasteiger partial charge in [0.15, 0.2) is 0 Å². The second kappa shape index (κ2) is 6.76. The van der Waals surface area contributed by atoms with Gasteiger partial charge in [-0.1, -0.05) is 18.2 Å². The zero-order valence-corrected chi connectivity index (χ0v) is 15.0. The first kappa shape index (κ1) is 15.9. The van der Waals surface area contributed by atoms with Gasteiger partial charge >= 0.3 is 0 Å². The molecule has 3 saturated heterocycles. The van der Waals surface area contributed by atoms with Crippen LogP contribution in [0.1, 0.15) is 6.42 Å². The predicted molar refractivity (Wildman–Crippen MR) is 103 cm³/mol. The molecule has 1 aromatic carbocycles. The maximum Gasteiger partial charge on any atom is 0.134 e. The van der Waals surface area contributed by atoms with Crippen molar-refractivity contribution in [3.63, 3.8) is 0 Å². The second-order valence-corrected chi connectivity index (χ2v) is 7.38. The van der Waals surface area contributed by atoms with E-state index in [9.17, 15) is 0 Å². The number of benzene rings is 1. The number of nitrogens with zero attached hydrogens (tertiary/aromatic N) is 5. The Labute approximate surface area is 154 Å². The molecule has 0 aliphatic carbocycles. The summed E-state index contributed by atoms with van der Waals surface area (Å²) in [6, 6.07) is 13.5. The van der Waals surface area contributed by atoms with E-state index in [-0.39, 0.29) is 0 Å². The first-order valence-corrected chi connectivity index (χ1v) is 9.60. The minimum Gasteiger partial charge on any atom is -0.378 e. The lowest BCUT2D eigenvalue weighted by Crippen LogP contribution is -2.37. The van der Waals surface area contributed by atoms with E-state index in [0.29, 0.717) is 6.04 Å². The van der Waals surface area contributed by atoms with Crippen molar-refractivity contribution >= 4 is 17.3 Å². The van der Waals surface area contributed by atoms with Crippen LogP contribution in [0.4, 0.5) is 17.3 Å². The van der Waals surface area contributed by atoms with Crippen molar-refractivity contribution in [1.82, 2.24) is 9.97 Å². The standard InChI is InChI=1S/C20H25N5O/c1-2-4-17(5-3-1)25-7-6-16-13-24(14-18(16)25)20-12-19(21-15-22-20)23-8-10-26-11-9-23/h1-5,12,15-16,18H,6-11,13-14H2. The molecule has 26 heavy (non-hydrogen) atoms. The Morgan fingerprint density at radius 2 is 1.65 bits per heavy atom. The quantitative estimate of drug-likeness (QED) is 0.843. The Balaban J connectivity index is 1.33. The van der Waals surface area contributed by atoms with Gasteiger partial charge in [-0.25, -0.2) is 9.97 Å². The maximum atomic E-state index is 5.45. The summed E-state index contributed by atoms with van der Waals surface area (Å²) >= 11 is 0. The molecule has 0 bridgehead atoms. The molecule has 2 unspecified atom stereocenters. The fraction of sp³-hybridized carbons (Fsp3) is 0.500. The molecule has 0 N–H and O–H groups in total. The van der Waals surface area contributed by atoms with Gasteiger partial charge in [0.25, 0.3) is 0 Å². The molecule has 0 radical (unpaired) electrons. The van der Waals surface area contributed by atoms with Crippen LogP contribution in [0.5, 0.6) is 0 Å². The average Bonchev–Trinajstić information content (AvgIpc) is 3.30. The summed E-state index contributed by atoms with van der Waals surface area (Å²) in [6.07, 6.45) is 2.97. The van der Waals surface area contributed by atoms with Gasteiger partial charge in [-0.15, -0.1) is 0 Å². The van der Waals surface area contributed by atoms with Crippen molar-refractivity contribution in [3.05, 3.63) is 42.7 Å². The smallest absolute Gasteiger partial charge is 0.134 e. The Morgan fingerprint density at radius 3 is 2.46 bits per heavy atom. The molecule has 0 saturated carbocycles. The lowest BCUT2D eigenvalue weighted by atomic mass is 10.1. The van der Waals surface area contributed by atoms with Crippen molar-refractivity contribution in [2.45, 2.75) is 12.5 Å². The van der Waals surface area contributed by atoms with Crippen molar-refractivity contribution in [3.8, 4) is 0 Å². The number of morpholine rings is 1. The van der Waals surface area contributed by atoms with Gasteiger partial charge in [0.05, 0.1) is 19.3 Å². The Hall–Kier alpha value is -2.34. The van der Waals surface area contributed by atoms with Crippen LogP contribution in [0.2, 0.25) is 0 Å². The van der Waals surface area contributed by atoms with Crippen LogP contribution >= 0.6 is 0 Å². The number of rotatable bonds is 3. The monoisotopic (exact) mass is 351 g/mol. The summed E-state index contributed by atoms with van der Waals surface area (Å²) in [5, 5.41) is 0. The average molecular weight is 351 g/mol. The molecule has 6 heteroatoms. The van der Waals surface area contributed by atoms with Crippen LogP contribution in [-0.4, -0.2) is 61.9 Å². The fourth-order valence-corrected chi connectivity index (χ4v) is 4.56. The van der Waals surface area contributed by atoms with Crippen LogP contribution in [0.15, 0.2) is 42.7 Å². The van der Waals surface area contributed by atoms with Gasteiger partial charge in [0.2, 0.25) is 0 Å². The second-order valence-electron chi connectivity index (χ2n) is 7.38. The van der Waals surface area contributed by atoms with Crippen molar-refractivity contribution in [2.75, 3.05) is 60.6 Å². The summed E-state index contributed by atoms with van der Waals surface area (Å²) in [7, 11) is 0. The van der Waals surface area contributed by atoms with E-state index in [4.69, 9.17) is 4.74 Å². The van der Waals surface area contributed by atoms with Crippen LogP contribution in [0, 0.1) is 5.92 Å². The number of para-hydroxylation sites is 1. The van der Waals surface area contributed by atoms with Crippen molar-refractivity contribution in [1.29, 1.82) is 0 Å². The van der Waals surface area contributed by atoms with Gasteiger partial charge in [-0.05, 0) is 18.6 Å². The van der Waals surface area contributed by atoms with Gasteiger partial charge in [-0.2, -0.15) is 0 Å². The van der Waals surface area contributed by atoms with Gasteiger partial charge in [0.1, 0.15) is 18.0 Å². The van der Waals surface area contributed by atoms with Gasteiger partial charge < -0.3 is 19.4 Å². The molecule has 136 valence electrons. The third-order valence-corrected chi connectivity index (χ3v) is 5.93. The van der Waals surface area contributed by atoms with E-state index >= 15 is 0 Å². The highest BCUT2D eigenvalue weighted by Crippen LogP contribution is 2.36. The lowest BCUT2D eigenvalue weighted by molar-refractivity contribution is 0.122. The number of hydrogen-bond acceptors (Lipinski definition) is 6. The Kier molecular flexibility index (Phi) is 4.13. The summed E-state index contributed by atoms with van der Waals surface area (Å²) in [5.41, 5.74) is 1.35. The topological polar surface area (TPSA) is 44.7 Å². The van der Waals surface area contributed by atoms with Crippen molar-refractivity contribution in [2.24, 2.45) is 5.92 Å². The first-order valence-electron chi connectivity index (χ1n) is 9.60. The number of hydrogen-bond donors (Lipinski definition) is 0. The molecule has 5 rings (SSSR count). The number of aromatic nitrogens is 2. The highest BCUT2D eigenvalue weighted by molar-refractivity contribution is 5.54. The first-order chi connectivity index (χ1) is 12.9. The molecular formula is C20H25N5O. The molecule has 0 spiro atoms. The van der Waals surface area contributed by atoms with Crippen LogP contribution in [0.25, 0.3) is 0 Å². The number of ether oxygens (including phenoxy) is 1. The summed E-state index contributed by atoms with van der Waals surface area (Å²) < 4.78 is 5.45. The third-order valence-electron chi connectivity index (χ3n) is 5.93. The van der Waals surface area contributed by atoms with E-state index in [1.165, 1.54) is 12.1 Å². The molecule has 0 amide bonds. The van der Waals surface area contributed by atoms with Crippen LogP contribution < -0.4 is 14.7 Å². The zero-order valence-electron chi connectivity index (χ0n) is 15.0. The summed E-state index contributed by atoms with van der Waals surface area (Å²) in [5.74, 6) is 2.80. The molecule has 1 aromatic heterocycles. The van der Waals surface area contributed by atoms with E-state index in [1.54, 1.807) is 6.33 Å². The zero-order chi connectivity index (χ0) is 17.3. The number of fused-ring (bicyclic) bond motifs is 1. The normalized spacial score (nSPS) is 25.6. The van der Waals surface area contributed by atoms with E-state index in [1.807, 2.05) is 0 Å². The lowest BCUT2D eigenvalue weighted by Gasteiger charge is -2.29. The number of anilines is 3. The van der Waals surface area contributed by atoms with Crippen molar-refractivity contribution < 1.29 is 4.74 Å². The molecule has 4 heterocycles. The SMILES string of the molecule is c1ccc(N2CCC3CN(c4cc(N5CCOCC5)ncn4)CC32)cc1. The Morgan fingerprint density at radius 1 is 0.885 bits per heavy atom. The molecule has 3 fully saturated rings. The summed E-state index contributed by atoms with van der Waals surface area (Å²) in [4.78, 5) is 16.4.